The maximum absolute atomic E-state index is 4.21. The van der Waals surface area contributed by atoms with E-state index in [-0.39, 0.29) is 0 Å². The quantitative estimate of drug-likeness (QED) is 0.644. The molecule has 0 saturated carbocycles. The van der Waals surface area contributed by atoms with Gasteiger partial charge in [0.05, 0.1) is 5.71 Å². The smallest absolute Gasteiger partial charge is 0.0639 e. The first-order valence-corrected chi connectivity index (χ1v) is 5.44. The predicted molar refractivity (Wildman–Crippen MR) is 69.8 cm³/mol. The van der Waals surface area contributed by atoms with E-state index < -0.39 is 0 Å². The van der Waals surface area contributed by atoms with Gasteiger partial charge in [0.15, 0.2) is 0 Å². The minimum Gasteiger partial charge on any atom is -0.288 e. The third-order valence-corrected chi connectivity index (χ3v) is 1.91. The molecule has 82 valence electrons. The molecule has 0 amide bonds. The molecule has 1 aromatic carbocycles. The van der Waals surface area contributed by atoms with Crippen LogP contribution in [0.3, 0.4) is 0 Å². The van der Waals surface area contributed by atoms with Gasteiger partial charge in [-0.15, -0.1) is 0 Å². The molecule has 0 atom stereocenters. The van der Waals surface area contributed by atoms with Crippen LogP contribution in [0.15, 0.2) is 41.4 Å². The largest absolute Gasteiger partial charge is 0.288 e. The van der Waals surface area contributed by atoms with Gasteiger partial charge in [-0.1, -0.05) is 49.8 Å². The zero-order chi connectivity index (χ0) is 11.7. The van der Waals surface area contributed by atoms with Gasteiger partial charge in [-0.25, -0.2) is 0 Å². The molecule has 15 heavy (non-hydrogen) atoms. The SMILES string of the molecule is C/C=C\C(=NC)c1ccc(C)cc1.CC. The monoisotopic (exact) mass is 203 g/mol. The van der Waals surface area contributed by atoms with E-state index in [1.54, 1.807) is 0 Å². The molecule has 0 aromatic heterocycles. The Kier molecular flexibility index (Phi) is 7.25. The maximum atomic E-state index is 4.21. The summed E-state index contributed by atoms with van der Waals surface area (Å²) in [5, 5.41) is 0. The second-order valence-corrected chi connectivity index (χ2v) is 2.97. The third-order valence-electron chi connectivity index (χ3n) is 1.91. The van der Waals surface area contributed by atoms with Gasteiger partial charge < -0.3 is 0 Å². The molecule has 0 aliphatic rings. The number of aliphatic imine (C=N–C) groups is 1. The molecule has 0 radical (unpaired) electrons. The number of rotatable bonds is 2. The summed E-state index contributed by atoms with van der Waals surface area (Å²) >= 11 is 0. The highest BCUT2D eigenvalue weighted by atomic mass is 14.7. The Morgan fingerprint density at radius 3 is 2.07 bits per heavy atom. The highest BCUT2D eigenvalue weighted by molar-refractivity contribution is 6.08. The summed E-state index contributed by atoms with van der Waals surface area (Å²) < 4.78 is 0. The fraction of sp³-hybridized carbons (Fsp3) is 0.357. The van der Waals surface area contributed by atoms with Gasteiger partial charge in [-0.2, -0.15) is 0 Å². The van der Waals surface area contributed by atoms with Crippen LogP contribution in [0.2, 0.25) is 0 Å². The minimum absolute atomic E-state index is 1.03. The number of benzene rings is 1. The Bertz CT molecular complexity index is 318. The first kappa shape index (κ1) is 13.6. The van der Waals surface area contributed by atoms with Crippen molar-refractivity contribution >= 4 is 5.71 Å². The molecule has 0 spiro atoms. The molecule has 1 heteroatoms. The molecule has 0 aliphatic heterocycles. The van der Waals surface area contributed by atoms with Crippen LogP contribution in [0, 0.1) is 6.92 Å². The third kappa shape index (κ3) is 4.59. The Morgan fingerprint density at radius 2 is 1.67 bits per heavy atom. The van der Waals surface area contributed by atoms with Crippen molar-refractivity contribution in [3.63, 3.8) is 0 Å². The zero-order valence-corrected chi connectivity index (χ0v) is 10.4. The van der Waals surface area contributed by atoms with Crippen molar-refractivity contribution in [1.82, 2.24) is 0 Å². The molecular formula is C14H21N. The number of allylic oxidation sites excluding steroid dienone is 2. The number of nitrogens with zero attached hydrogens (tertiary/aromatic N) is 1. The Labute approximate surface area is 93.6 Å². The number of hydrogen-bond acceptors (Lipinski definition) is 1. The minimum atomic E-state index is 1.03. The lowest BCUT2D eigenvalue weighted by molar-refractivity contribution is 1.41. The van der Waals surface area contributed by atoms with E-state index in [1.165, 1.54) is 11.1 Å². The Hall–Kier alpha value is -1.37. The molecule has 0 aliphatic carbocycles. The van der Waals surface area contributed by atoms with Crippen molar-refractivity contribution in [2.75, 3.05) is 7.05 Å². The van der Waals surface area contributed by atoms with Crippen LogP contribution in [0.5, 0.6) is 0 Å². The van der Waals surface area contributed by atoms with Gasteiger partial charge >= 0.3 is 0 Å². The summed E-state index contributed by atoms with van der Waals surface area (Å²) in [6, 6.07) is 8.39. The van der Waals surface area contributed by atoms with Gasteiger partial charge in [0.25, 0.3) is 0 Å². The van der Waals surface area contributed by atoms with Crippen molar-refractivity contribution < 1.29 is 0 Å². The summed E-state index contributed by atoms with van der Waals surface area (Å²) in [6.07, 6.45) is 4.02. The summed E-state index contributed by atoms with van der Waals surface area (Å²) in [5.74, 6) is 0. The summed E-state index contributed by atoms with van der Waals surface area (Å²) in [5.41, 5.74) is 3.48. The molecule has 0 saturated heterocycles. The molecular weight excluding hydrogens is 182 g/mol. The van der Waals surface area contributed by atoms with Gasteiger partial charge in [0.2, 0.25) is 0 Å². The first-order valence-electron chi connectivity index (χ1n) is 5.44. The van der Waals surface area contributed by atoms with Crippen LogP contribution < -0.4 is 0 Å². The van der Waals surface area contributed by atoms with E-state index in [0.717, 1.165) is 5.71 Å². The van der Waals surface area contributed by atoms with Crippen LogP contribution >= 0.6 is 0 Å². The summed E-state index contributed by atoms with van der Waals surface area (Å²) in [7, 11) is 1.81. The summed E-state index contributed by atoms with van der Waals surface area (Å²) in [6.45, 7) is 8.08. The number of aryl methyl sites for hydroxylation is 1. The van der Waals surface area contributed by atoms with Crippen LogP contribution in [-0.4, -0.2) is 12.8 Å². The molecule has 0 heterocycles. The van der Waals surface area contributed by atoms with E-state index >= 15 is 0 Å². The molecule has 0 N–H and O–H groups in total. The fourth-order valence-electron chi connectivity index (χ4n) is 1.18. The first-order chi connectivity index (χ1) is 7.27. The van der Waals surface area contributed by atoms with Crippen LogP contribution in [0.25, 0.3) is 0 Å². The maximum Gasteiger partial charge on any atom is 0.0639 e. The van der Waals surface area contributed by atoms with Gasteiger partial charge in [-0.05, 0) is 25.5 Å². The van der Waals surface area contributed by atoms with E-state index in [2.05, 4.69) is 36.2 Å². The van der Waals surface area contributed by atoms with E-state index in [1.807, 2.05) is 40.0 Å². The standard InChI is InChI=1S/C12H15N.C2H6/c1-4-5-12(13-3)11-8-6-10(2)7-9-11;1-2/h4-9H,1-3H3;1-2H3/b5-4-,13-12?;. The lowest BCUT2D eigenvalue weighted by Gasteiger charge is -2.00. The van der Waals surface area contributed by atoms with Gasteiger partial charge in [0, 0.05) is 7.05 Å². The number of hydrogen-bond donors (Lipinski definition) is 0. The lowest BCUT2D eigenvalue weighted by atomic mass is 10.1. The molecule has 1 aromatic rings. The van der Waals surface area contributed by atoms with Crippen LogP contribution in [-0.2, 0) is 0 Å². The average molecular weight is 203 g/mol. The lowest BCUT2D eigenvalue weighted by Crippen LogP contribution is -1.95. The Balaban J connectivity index is 0.000000921. The van der Waals surface area contributed by atoms with Crippen molar-refractivity contribution in [3.8, 4) is 0 Å². The second-order valence-electron chi connectivity index (χ2n) is 2.97. The summed E-state index contributed by atoms with van der Waals surface area (Å²) in [4.78, 5) is 4.21. The zero-order valence-electron chi connectivity index (χ0n) is 10.4. The van der Waals surface area contributed by atoms with Crippen LogP contribution in [0.1, 0.15) is 31.9 Å². The van der Waals surface area contributed by atoms with E-state index in [9.17, 15) is 0 Å². The highest BCUT2D eigenvalue weighted by Gasteiger charge is 1.96. The van der Waals surface area contributed by atoms with E-state index in [4.69, 9.17) is 0 Å². The molecule has 0 unspecified atom stereocenters. The highest BCUT2D eigenvalue weighted by Crippen LogP contribution is 2.05. The van der Waals surface area contributed by atoms with Crippen molar-refractivity contribution in [2.45, 2.75) is 27.7 Å². The molecule has 1 nitrogen and oxygen atoms in total. The Morgan fingerprint density at radius 1 is 1.13 bits per heavy atom. The molecule has 0 fully saturated rings. The van der Waals surface area contributed by atoms with Crippen LogP contribution in [0.4, 0.5) is 0 Å². The van der Waals surface area contributed by atoms with Crippen molar-refractivity contribution in [1.29, 1.82) is 0 Å². The molecule has 1 rings (SSSR count). The fourth-order valence-corrected chi connectivity index (χ4v) is 1.18. The molecule has 0 bridgehead atoms. The van der Waals surface area contributed by atoms with Gasteiger partial charge in [-0.3, -0.25) is 4.99 Å². The topological polar surface area (TPSA) is 12.4 Å². The van der Waals surface area contributed by atoms with Crippen molar-refractivity contribution in [3.05, 3.63) is 47.5 Å². The normalized spacial score (nSPS) is 11.1. The average Bonchev–Trinajstić information content (AvgIpc) is 2.30. The van der Waals surface area contributed by atoms with Gasteiger partial charge in [0.1, 0.15) is 0 Å². The van der Waals surface area contributed by atoms with E-state index in [0.29, 0.717) is 0 Å². The predicted octanol–water partition coefficient (Wildman–Crippen LogP) is 4.02. The van der Waals surface area contributed by atoms with Crippen molar-refractivity contribution in [2.24, 2.45) is 4.99 Å². The second kappa shape index (κ2) is 7.98.